The molecule has 0 unspecified atom stereocenters. The lowest BCUT2D eigenvalue weighted by molar-refractivity contribution is -0.385. The number of nitrogens with zero attached hydrogens (tertiary/aromatic N) is 3. The molecule has 1 aromatic heterocycles. The van der Waals surface area contributed by atoms with Crippen LogP contribution in [0.4, 0.5) is 5.69 Å². The monoisotopic (exact) mass is 462 g/mol. The summed E-state index contributed by atoms with van der Waals surface area (Å²) in [5.74, 6) is -0.320. The molecule has 3 rings (SSSR count). The van der Waals surface area contributed by atoms with Gasteiger partial charge in [-0.2, -0.15) is 0 Å². The summed E-state index contributed by atoms with van der Waals surface area (Å²) in [6.07, 6.45) is 1.29. The molecule has 0 radical (unpaired) electrons. The van der Waals surface area contributed by atoms with Gasteiger partial charge in [0.2, 0.25) is 5.16 Å². The Morgan fingerprint density at radius 3 is 2.58 bits per heavy atom. The summed E-state index contributed by atoms with van der Waals surface area (Å²) in [5, 5.41) is 28.1. The molecule has 0 bridgehead atoms. The number of methoxy groups -OCH3 is 2. The summed E-state index contributed by atoms with van der Waals surface area (Å²) in [6.45, 7) is 0. The predicted octanol–water partition coefficient (Wildman–Crippen LogP) is 4.27. The lowest BCUT2D eigenvalue weighted by Crippen LogP contribution is -1.98. The Kier molecular flexibility index (Phi) is 6.78. The Bertz CT molecular complexity index is 1180. The first-order chi connectivity index (χ1) is 14.8. The average Bonchev–Trinajstić information content (AvgIpc) is 3.21. The summed E-state index contributed by atoms with van der Waals surface area (Å²) >= 11 is 6.82. The van der Waals surface area contributed by atoms with Gasteiger partial charge in [-0.3, -0.25) is 15.2 Å². The van der Waals surface area contributed by atoms with E-state index in [0.29, 0.717) is 27.7 Å². The van der Waals surface area contributed by atoms with E-state index in [2.05, 4.69) is 15.2 Å². The van der Waals surface area contributed by atoms with Gasteiger partial charge >= 0.3 is 11.7 Å². The number of ether oxygens (including phenoxy) is 2. The molecule has 0 spiro atoms. The van der Waals surface area contributed by atoms with Crippen molar-refractivity contribution in [1.82, 2.24) is 15.2 Å². The molecule has 0 aliphatic heterocycles. The number of thioether (sulfide) groups is 1. The molecule has 0 aliphatic carbocycles. The zero-order valence-corrected chi connectivity index (χ0v) is 17.7. The van der Waals surface area contributed by atoms with Crippen molar-refractivity contribution in [1.29, 1.82) is 0 Å². The molecule has 0 fully saturated rings. The van der Waals surface area contributed by atoms with Gasteiger partial charge in [0.05, 0.1) is 24.7 Å². The van der Waals surface area contributed by atoms with Crippen LogP contribution >= 0.6 is 23.4 Å². The van der Waals surface area contributed by atoms with Crippen LogP contribution in [0.25, 0.3) is 17.5 Å². The van der Waals surface area contributed by atoms with Gasteiger partial charge in [0, 0.05) is 11.1 Å². The second kappa shape index (κ2) is 9.49. The number of H-pyrrole nitrogens is 1. The number of carboxylic acids is 1. The highest BCUT2D eigenvalue weighted by Gasteiger charge is 2.18. The molecule has 0 atom stereocenters. The van der Waals surface area contributed by atoms with E-state index in [-0.39, 0.29) is 21.5 Å². The fourth-order valence-electron chi connectivity index (χ4n) is 2.60. The Morgan fingerprint density at radius 2 is 1.94 bits per heavy atom. The summed E-state index contributed by atoms with van der Waals surface area (Å²) in [7, 11) is 2.81. The van der Waals surface area contributed by atoms with Crippen molar-refractivity contribution in [3.8, 4) is 22.9 Å². The number of aliphatic carboxylic acids is 1. The Labute approximate surface area is 185 Å². The van der Waals surface area contributed by atoms with Crippen molar-refractivity contribution >= 4 is 41.1 Å². The molecule has 2 aromatic carbocycles. The van der Waals surface area contributed by atoms with E-state index in [1.807, 2.05) is 0 Å². The highest BCUT2D eigenvalue weighted by Crippen LogP contribution is 2.34. The fraction of sp³-hybridized carbons (Fsp3) is 0.105. The topological polar surface area (TPSA) is 140 Å². The number of nitro groups is 1. The molecule has 3 aromatic rings. The number of hydrogen-bond acceptors (Lipinski definition) is 8. The van der Waals surface area contributed by atoms with Gasteiger partial charge in [-0.1, -0.05) is 17.7 Å². The van der Waals surface area contributed by atoms with Crippen LogP contribution < -0.4 is 9.47 Å². The Hall–Kier alpha value is -3.57. The summed E-state index contributed by atoms with van der Waals surface area (Å²) in [4.78, 5) is 26.5. The van der Waals surface area contributed by atoms with Gasteiger partial charge in [0.1, 0.15) is 10.7 Å². The third-order valence-electron chi connectivity index (χ3n) is 3.99. The minimum atomic E-state index is -1.24. The maximum atomic E-state index is 11.7. The van der Waals surface area contributed by atoms with Gasteiger partial charge in [0.15, 0.2) is 11.6 Å². The van der Waals surface area contributed by atoms with Crippen molar-refractivity contribution in [2.45, 2.75) is 5.16 Å². The number of carboxylic acid groups (broad SMARTS) is 1. The SMILES string of the molecule is COc1ccc(Cl)cc1-c1nc(S/C(=C\c2ccc(OC)c([N+](=O)[O-])c2)C(=O)O)n[nH]1. The van der Waals surface area contributed by atoms with Crippen LogP contribution in [0.15, 0.2) is 46.5 Å². The molecule has 0 aliphatic rings. The highest BCUT2D eigenvalue weighted by molar-refractivity contribution is 8.04. The molecular weight excluding hydrogens is 448 g/mol. The highest BCUT2D eigenvalue weighted by atomic mass is 35.5. The van der Waals surface area contributed by atoms with Crippen molar-refractivity contribution in [3.05, 3.63) is 62.0 Å². The van der Waals surface area contributed by atoms with Crippen molar-refractivity contribution < 1.29 is 24.3 Å². The molecular formula is C19H15ClN4O6S. The number of aromatic nitrogens is 3. The minimum absolute atomic E-state index is 0.0701. The predicted molar refractivity (Wildman–Crippen MR) is 114 cm³/mol. The summed E-state index contributed by atoms with van der Waals surface area (Å²) in [5.41, 5.74) is 0.588. The molecule has 0 saturated carbocycles. The maximum absolute atomic E-state index is 11.7. The number of nitro benzene ring substituents is 1. The first-order valence-electron chi connectivity index (χ1n) is 8.54. The lowest BCUT2D eigenvalue weighted by atomic mass is 10.1. The Morgan fingerprint density at radius 1 is 1.23 bits per heavy atom. The van der Waals surface area contributed by atoms with Crippen LogP contribution in [-0.2, 0) is 4.79 Å². The zero-order valence-electron chi connectivity index (χ0n) is 16.2. The van der Waals surface area contributed by atoms with E-state index in [1.54, 1.807) is 18.2 Å². The first kappa shape index (κ1) is 22.1. The van der Waals surface area contributed by atoms with Crippen LogP contribution in [0, 0.1) is 10.1 Å². The molecule has 0 saturated heterocycles. The third kappa shape index (κ3) is 5.13. The van der Waals surface area contributed by atoms with E-state index in [9.17, 15) is 20.0 Å². The quantitative estimate of drug-likeness (QED) is 0.217. The summed E-state index contributed by atoms with van der Waals surface area (Å²) in [6, 6.07) is 9.10. The molecule has 12 heteroatoms. The standard InChI is InChI=1S/C19H15ClN4O6S/c1-29-14-6-4-11(20)9-12(14)17-21-19(23-22-17)31-16(18(25)26)8-10-3-5-15(30-2)13(7-10)24(27)28/h3-9H,1-2H3,(H,25,26)(H,21,22,23)/b16-8-. The number of carbonyl (C=O) groups is 1. The molecule has 160 valence electrons. The molecule has 2 N–H and O–H groups in total. The maximum Gasteiger partial charge on any atom is 0.342 e. The van der Waals surface area contributed by atoms with E-state index in [0.717, 1.165) is 11.8 Å². The number of benzene rings is 2. The van der Waals surface area contributed by atoms with Crippen LogP contribution in [0.2, 0.25) is 5.02 Å². The third-order valence-corrected chi connectivity index (χ3v) is 5.10. The number of aromatic amines is 1. The van der Waals surface area contributed by atoms with Gasteiger partial charge in [-0.25, -0.2) is 9.78 Å². The lowest BCUT2D eigenvalue weighted by Gasteiger charge is -2.05. The van der Waals surface area contributed by atoms with E-state index in [1.165, 1.54) is 38.5 Å². The first-order valence-corrected chi connectivity index (χ1v) is 9.73. The fourth-order valence-corrected chi connectivity index (χ4v) is 3.48. The van der Waals surface area contributed by atoms with Gasteiger partial charge < -0.3 is 14.6 Å². The van der Waals surface area contributed by atoms with E-state index >= 15 is 0 Å². The van der Waals surface area contributed by atoms with Crippen LogP contribution in [-0.4, -0.2) is 45.4 Å². The van der Waals surface area contributed by atoms with Crippen LogP contribution in [0.1, 0.15) is 5.56 Å². The van der Waals surface area contributed by atoms with Gasteiger partial charge in [0.25, 0.3) is 0 Å². The van der Waals surface area contributed by atoms with Gasteiger partial charge in [-0.05, 0) is 47.7 Å². The second-order valence-electron chi connectivity index (χ2n) is 5.92. The van der Waals surface area contributed by atoms with E-state index < -0.39 is 10.9 Å². The van der Waals surface area contributed by atoms with Gasteiger partial charge in [-0.15, -0.1) is 5.10 Å². The second-order valence-corrected chi connectivity index (χ2v) is 7.36. The molecule has 1 heterocycles. The van der Waals surface area contributed by atoms with Crippen molar-refractivity contribution in [2.24, 2.45) is 0 Å². The normalized spacial score (nSPS) is 11.3. The zero-order chi connectivity index (χ0) is 22.5. The number of halogens is 1. The van der Waals surface area contributed by atoms with Crippen LogP contribution in [0.3, 0.4) is 0 Å². The minimum Gasteiger partial charge on any atom is -0.496 e. The number of nitrogens with one attached hydrogen (secondary N) is 1. The average molecular weight is 463 g/mol. The smallest absolute Gasteiger partial charge is 0.342 e. The molecule has 0 amide bonds. The Balaban J connectivity index is 1.92. The van der Waals surface area contributed by atoms with Crippen LogP contribution in [0.5, 0.6) is 11.5 Å². The molecule has 31 heavy (non-hydrogen) atoms. The van der Waals surface area contributed by atoms with Crippen molar-refractivity contribution in [3.63, 3.8) is 0 Å². The van der Waals surface area contributed by atoms with Crippen molar-refractivity contribution in [2.75, 3.05) is 14.2 Å². The number of hydrogen-bond donors (Lipinski definition) is 2. The number of rotatable bonds is 8. The largest absolute Gasteiger partial charge is 0.496 e. The molecule has 10 nitrogen and oxygen atoms in total. The van der Waals surface area contributed by atoms with E-state index in [4.69, 9.17) is 21.1 Å². The summed E-state index contributed by atoms with van der Waals surface area (Å²) < 4.78 is 10.2.